The molecule has 0 amide bonds. The summed E-state index contributed by atoms with van der Waals surface area (Å²) < 4.78 is 10.7. The fourth-order valence-corrected chi connectivity index (χ4v) is 1.32. The summed E-state index contributed by atoms with van der Waals surface area (Å²) in [6.07, 6.45) is 2.87. The van der Waals surface area contributed by atoms with Gasteiger partial charge in [0, 0.05) is 12.4 Å². The van der Waals surface area contributed by atoms with Crippen molar-refractivity contribution in [3.63, 3.8) is 0 Å². The molecule has 1 unspecified atom stereocenters. The van der Waals surface area contributed by atoms with Crippen LogP contribution in [-0.2, 0) is 4.57 Å². The Morgan fingerprint density at radius 3 is 2.33 bits per heavy atom. The highest BCUT2D eigenvalue weighted by Gasteiger charge is 2.25. The maximum absolute atomic E-state index is 10.7. The van der Waals surface area contributed by atoms with E-state index in [2.05, 4.69) is 4.98 Å². The van der Waals surface area contributed by atoms with Crippen molar-refractivity contribution in [2.24, 2.45) is 5.73 Å². The highest BCUT2D eigenvalue weighted by molar-refractivity contribution is 7.52. The first-order chi connectivity index (χ1) is 5.52. The molecule has 0 aliphatic heterocycles. The fourth-order valence-electron chi connectivity index (χ4n) is 0.755. The van der Waals surface area contributed by atoms with Gasteiger partial charge in [0.25, 0.3) is 0 Å². The van der Waals surface area contributed by atoms with Gasteiger partial charge in [0.05, 0.1) is 0 Å². The summed E-state index contributed by atoms with van der Waals surface area (Å²) in [6.45, 7) is 0. The zero-order chi connectivity index (χ0) is 9.19. The topological polar surface area (TPSA) is 96.4 Å². The Bertz CT molecular complexity index is 297. The van der Waals surface area contributed by atoms with E-state index in [1.807, 2.05) is 0 Å². The molecule has 1 heterocycles. The second-order valence-corrected chi connectivity index (χ2v) is 4.05. The standard InChI is InChI=1S/C6H9N2O3P/c7-6(12(9,10)11)5-1-3-8-4-2-5/h1-4,6H,7H2,(H2,9,10,11). The lowest BCUT2D eigenvalue weighted by atomic mass is 10.3. The first kappa shape index (κ1) is 9.35. The predicted molar refractivity (Wildman–Crippen MR) is 43.2 cm³/mol. The number of nitrogens with two attached hydrogens (primary N) is 1. The summed E-state index contributed by atoms with van der Waals surface area (Å²) in [6, 6.07) is 2.95. The van der Waals surface area contributed by atoms with Crippen LogP contribution in [0.5, 0.6) is 0 Å². The third-order valence-corrected chi connectivity index (χ3v) is 2.43. The van der Waals surface area contributed by atoms with E-state index in [1.165, 1.54) is 24.5 Å². The molecule has 0 aromatic carbocycles. The average Bonchev–Trinajstić information content (AvgIpc) is 2.03. The summed E-state index contributed by atoms with van der Waals surface area (Å²) in [4.78, 5) is 21.1. The highest BCUT2D eigenvalue weighted by atomic mass is 31.2. The van der Waals surface area contributed by atoms with Crippen LogP contribution in [0.3, 0.4) is 0 Å². The van der Waals surface area contributed by atoms with E-state index in [9.17, 15) is 4.57 Å². The fraction of sp³-hybridized carbons (Fsp3) is 0.167. The SMILES string of the molecule is NC(c1ccncc1)P(=O)(O)O. The Labute approximate surface area is 69.4 Å². The smallest absolute Gasteiger partial charge is 0.323 e. The van der Waals surface area contributed by atoms with Gasteiger partial charge in [-0.1, -0.05) is 0 Å². The van der Waals surface area contributed by atoms with Crippen molar-refractivity contribution < 1.29 is 14.4 Å². The van der Waals surface area contributed by atoms with E-state index >= 15 is 0 Å². The molecule has 4 N–H and O–H groups in total. The van der Waals surface area contributed by atoms with Crippen molar-refractivity contribution in [2.45, 2.75) is 5.78 Å². The second-order valence-electron chi connectivity index (χ2n) is 2.31. The number of rotatable bonds is 2. The molecule has 1 aromatic heterocycles. The number of aromatic nitrogens is 1. The Balaban J connectivity index is 2.94. The second kappa shape index (κ2) is 3.33. The molecule has 6 heteroatoms. The van der Waals surface area contributed by atoms with Crippen molar-refractivity contribution >= 4 is 7.60 Å². The van der Waals surface area contributed by atoms with E-state index in [-0.39, 0.29) is 0 Å². The molecule has 0 radical (unpaired) electrons. The van der Waals surface area contributed by atoms with E-state index in [0.29, 0.717) is 5.56 Å². The van der Waals surface area contributed by atoms with Gasteiger partial charge in [0.2, 0.25) is 0 Å². The largest absolute Gasteiger partial charge is 0.346 e. The molecule has 0 bridgehead atoms. The van der Waals surface area contributed by atoms with Crippen LogP contribution in [0.2, 0.25) is 0 Å². The van der Waals surface area contributed by atoms with Crippen LogP contribution in [0, 0.1) is 0 Å². The zero-order valence-corrected chi connectivity index (χ0v) is 7.06. The quantitative estimate of drug-likeness (QED) is 0.576. The molecule has 1 rings (SSSR count). The summed E-state index contributed by atoms with van der Waals surface area (Å²) in [7, 11) is -4.23. The molecular formula is C6H9N2O3P. The molecule has 12 heavy (non-hydrogen) atoms. The highest BCUT2D eigenvalue weighted by Crippen LogP contribution is 2.47. The van der Waals surface area contributed by atoms with Crippen LogP contribution >= 0.6 is 7.60 Å². The molecule has 0 fully saturated rings. The van der Waals surface area contributed by atoms with Gasteiger partial charge in [0.1, 0.15) is 5.78 Å². The van der Waals surface area contributed by atoms with Crippen LogP contribution in [0.15, 0.2) is 24.5 Å². The van der Waals surface area contributed by atoms with Gasteiger partial charge in [0.15, 0.2) is 0 Å². The van der Waals surface area contributed by atoms with Crippen molar-refractivity contribution in [2.75, 3.05) is 0 Å². The summed E-state index contributed by atoms with van der Waals surface area (Å²) in [5, 5.41) is 0. The van der Waals surface area contributed by atoms with Gasteiger partial charge < -0.3 is 15.5 Å². The minimum absolute atomic E-state index is 0.387. The molecule has 0 aliphatic rings. The van der Waals surface area contributed by atoms with Crippen molar-refractivity contribution in [3.05, 3.63) is 30.1 Å². The molecule has 66 valence electrons. The molecular weight excluding hydrogens is 179 g/mol. The van der Waals surface area contributed by atoms with Crippen LogP contribution < -0.4 is 5.73 Å². The minimum Gasteiger partial charge on any atom is -0.323 e. The van der Waals surface area contributed by atoms with Gasteiger partial charge in [-0.2, -0.15) is 0 Å². The summed E-state index contributed by atoms with van der Waals surface area (Å²) >= 11 is 0. The van der Waals surface area contributed by atoms with Gasteiger partial charge in [-0.15, -0.1) is 0 Å². The number of nitrogens with zero attached hydrogens (tertiary/aromatic N) is 1. The van der Waals surface area contributed by atoms with E-state index in [0.717, 1.165) is 0 Å². The van der Waals surface area contributed by atoms with Crippen LogP contribution in [0.1, 0.15) is 11.3 Å². The third kappa shape index (κ3) is 2.12. The molecule has 0 aliphatic carbocycles. The van der Waals surface area contributed by atoms with Crippen molar-refractivity contribution in [3.8, 4) is 0 Å². The molecule has 0 saturated heterocycles. The van der Waals surface area contributed by atoms with Gasteiger partial charge >= 0.3 is 7.60 Å². The van der Waals surface area contributed by atoms with Gasteiger partial charge in [-0.3, -0.25) is 9.55 Å². The number of hydrogen-bond acceptors (Lipinski definition) is 3. The monoisotopic (exact) mass is 188 g/mol. The van der Waals surface area contributed by atoms with Crippen LogP contribution in [0.4, 0.5) is 0 Å². The maximum atomic E-state index is 10.7. The summed E-state index contributed by atoms with van der Waals surface area (Å²) in [5.41, 5.74) is 5.67. The van der Waals surface area contributed by atoms with Crippen molar-refractivity contribution in [1.82, 2.24) is 4.98 Å². The first-order valence-corrected chi connectivity index (χ1v) is 4.90. The number of hydrogen-bond donors (Lipinski definition) is 3. The normalized spacial score (nSPS) is 14.2. The first-order valence-electron chi connectivity index (χ1n) is 3.22. The molecule has 5 nitrogen and oxygen atoms in total. The number of pyridine rings is 1. The minimum atomic E-state index is -4.23. The zero-order valence-electron chi connectivity index (χ0n) is 6.16. The van der Waals surface area contributed by atoms with Crippen molar-refractivity contribution in [1.29, 1.82) is 0 Å². The molecule has 1 atom stereocenters. The Hall–Kier alpha value is -0.740. The molecule has 1 aromatic rings. The molecule has 0 saturated carbocycles. The molecule has 0 spiro atoms. The van der Waals surface area contributed by atoms with E-state index in [4.69, 9.17) is 15.5 Å². The lowest BCUT2D eigenvalue weighted by molar-refractivity contribution is 0.359. The maximum Gasteiger partial charge on any atom is 0.346 e. The average molecular weight is 188 g/mol. The van der Waals surface area contributed by atoms with Crippen LogP contribution in [-0.4, -0.2) is 14.8 Å². The Kier molecular flexibility index (Phi) is 2.59. The Morgan fingerprint density at radius 2 is 1.92 bits per heavy atom. The third-order valence-electron chi connectivity index (χ3n) is 1.41. The van der Waals surface area contributed by atoms with E-state index < -0.39 is 13.4 Å². The summed E-state index contributed by atoms with van der Waals surface area (Å²) in [5.74, 6) is -1.25. The van der Waals surface area contributed by atoms with Crippen LogP contribution in [0.25, 0.3) is 0 Å². The lowest BCUT2D eigenvalue weighted by Gasteiger charge is -2.12. The lowest BCUT2D eigenvalue weighted by Crippen LogP contribution is -2.10. The van der Waals surface area contributed by atoms with Gasteiger partial charge in [-0.05, 0) is 17.7 Å². The Morgan fingerprint density at radius 1 is 1.42 bits per heavy atom. The van der Waals surface area contributed by atoms with E-state index in [1.54, 1.807) is 0 Å². The van der Waals surface area contributed by atoms with Gasteiger partial charge in [-0.25, -0.2) is 0 Å². The predicted octanol–water partition coefficient (Wildman–Crippen LogP) is 0.217.